The lowest BCUT2D eigenvalue weighted by Crippen LogP contribution is -2.43. The fraction of sp³-hybridized carbons (Fsp3) is 0.444. The average Bonchev–Trinajstić information content (AvgIpc) is 2.57. The molecule has 1 rings (SSSR count). The van der Waals surface area contributed by atoms with Crippen LogP contribution in [0.1, 0.15) is 32.3 Å². The van der Waals surface area contributed by atoms with E-state index >= 15 is 0 Å². The van der Waals surface area contributed by atoms with E-state index in [4.69, 9.17) is 10.5 Å². The molecule has 0 spiro atoms. The fourth-order valence-corrected chi connectivity index (χ4v) is 2.20. The molecular weight excluding hydrogens is 320 g/mol. The molecule has 138 valence electrons. The molecule has 7 heteroatoms. The van der Waals surface area contributed by atoms with Crippen molar-refractivity contribution in [2.75, 3.05) is 18.9 Å². The zero-order chi connectivity index (χ0) is 18.7. The van der Waals surface area contributed by atoms with Crippen LogP contribution in [0.2, 0.25) is 0 Å². The quantitative estimate of drug-likeness (QED) is 0.294. The van der Waals surface area contributed by atoms with Crippen molar-refractivity contribution >= 4 is 17.6 Å². The molecule has 3 amide bonds. The Morgan fingerprint density at radius 3 is 2.52 bits per heavy atom. The molecule has 1 aromatic carbocycles. The molecule has 0 saturated carbocycles. The molecule has 1 aromatic rings. The number of urea groups is 1. The van der Waals surface area contributed by atoms with Gasteiger partial charge in [-0.25, -0.2) is 4.79 Å². The first-order chi connectivity index (χ1) is 11.9. The number of benzene rings is 1. The van der Waals surface area contributed by atoms with Crippen LogP contribution in [0.4, 0.5) is 10.5 Å². The van der Waals surface area contributed by atoms with Gasteiger partial charge in [0.05, 0.1) is 12.6 Å². The Labute approximate surface area is 149 Å². The highest BCUT2D eigenvalue weighted by Gasteiger charge is 2.16. The third-order valence-electron chi connectivity index (χ3n) is 3.50. The molecule has 0 fully saturated rings. The van der Waals surface area contributed by atoms with Gasteiger partial charge in [-0.1, -0.05) is 18.7 Å². The molecule has 0 heterocycles. The third-order valence-corrected chi connectivity index (χ3v) is 3.50. The normalized spacial score (nSPS) is 11.3. The number of ether oxygens (including phenoxy) is 1. The number of nitrogen functional groups attached to an aromatic ring is 1. The summed E-state index contributed by atoms with van der Waals surface area (Å²) in [6, 6.07) is 6.68. The smallest absolute Gasteiger partial charge is 0.315 e. The second-order valence-corrected chi connectivity index (χ2v) is 5.65. The van der Waals surface area contributed by atoms with Crippen molar-refractivity contribution in [2.45, 2.75) is 39.3 Å². The number of rotatable bonds is 10. The summed E-state index contributed by atoms with van der Waals surface area (Å²) in [5.74, 6) is 0.433. The van der Waals surface area contributed by atoms with Crippen molar-refractivity contribution in [3.8, 4) is 0 Å². The molecule has 0 aliphatic heterocycles. The zero-order valence-electron chi connectivity index (χ0n) is 14.9. The summed E-state index contributed by atoms with van der Waals surface area (Å²) in [4.78, 5) is 23.0. The van der Waals surface area contributed by atoms with Crippen LogP contribution < -0.4 is 21.7 Å². The molecule has 0 aliphatic rings. The van der Waals surface area contributed by atoms with Crippen LogP contribution >= 0.6 is 0 Å². The minimum Gasteiger partial charge on any atom is -0.497 e. The van der Waals surface area contributed by atoms with Crippen LogP contribution in [0, 0.1) is 0 Å². The Kier molecular flexibility index (Phi) is 8.92. The lowest BCUT2D eigenvalue weighted by atomic mass is 10.1. The van der Waals surface area contributed by atoms with Gasteiger partial charge in [0.2, 0.25) is 5.91 Å². The Bertz CT molecular complexity index is 572. The highest BCUT2D eigenvalue weighted by Crippen LogP contribution is 2.09. The molecular formula is C18H28N4O3. The standard InChI is InChI=1S/C18H28N4O3/c1-4-25-13(2)17(6-5-11-20-14(3)23)22-18(24)21-12-15-7-9-16(19)10-8-15/h7-10,17H,2,4-6,11-12,19H2,1,3H3,(H,20,23)(H2,21,22,24)/t17-/m1/s1. The molecule has 0 aromatic heterocycles. The van der Waals surface area contributed by atoms with Gasteiger partial charge in [0, 0.05) is 25.7 Å². The van der Waals surface area contributed by atoms with Crippen LogP contribution in [-0.2, 0) is 16.1 Å². The van der Waals surface area contributed by atoms with E-state index in [1.165, 1.54) is 6.92 Å². The van der Waals surface area contributed by atoms with E-state index in [0.717, 1.165) is 5.56 Å². The topological polar surface area (TPSA) is 105 Å². The summed E-state index contributed by atoms with van der Waals surface area (Å²) in [7, 11) is 0. The maximum Gasteiger partial charge on any atom is 0.315 e. The van der Waals surface area contributed by atoms with Crippen LogP contribution in [-0.4, -0.2) is 31.1 Å². The van der Waals surface area contributed by atoms with Gasteiger partial charge in [-0.05, 0) is 37.5 Å². The van der Waals surface area contributed by atoms with E-state index in [9.17, 15) is 9.59 Å². The molecule has 0 radical (unpaired) electrons. The van der Waals surface area contributed by atoms with Crippen LogP contribution in [0.5, 0.6) is 0 Å². The van der Waals surface area contributed by atoms with Crippen molar-refractivity contribution in [3.05, 3.63) is 42.2 Å². The number of carbonyl (C=O) groups is 2. The molecule has 7 nitrogen and oxygen atoms in total. The molecule has 0 bridgehead atoms. The lowest BCUT2D eigenvalue weighted by molar-refractivity contribution is -0.118. The SMILES string of the molecule is C=C(OCC)[C@@H](CCCNC(C)=O)NC(=O)NCc1ccc(N)cc1. The van der Waals surface area contributed by atoms with E-state index in [-0.39, 0.29) is 18.0 Å². The molecule has 0 unspecified atom stereocenters. The van der Waals surface area contributed by atoms with Crippen molar-refractivity contribution in [3.63, 3.8) is 0 Å². The predicted molar refractivity (Wildman–Crippen MR) is 98.7 cm³/mol. The first-order valence-electron chi connectivity index (χ1n) is 8.37. The summed E-state index contributed by atoms with van der Waals surface area (Å²) < 4.78 is 5.42. The van der Waals surface area contributed by atoms with Gasteiger partial charge < -0.3 is 26.4 Å². The first kappa shape index (κ1) is 20.3. The second-order valence-electron chi connectivity index (χ2n) is 5.65. The van der Waals surface area contributed by atoms with E-state index in [1.807, 2.05) is 19.1 Å². The number of anilines is 1. The number of carbonyl (C=O) groups excluding carboxylic acids is 2. The summed E-state index contributed by atoms with van der Waals surface area (Å²) >= 11 is 0. The van der Waals surface area contributed by atoms with Gasteiger partial charge in [0.25, 0.3) is 0 Å². The highest BCUT2D eigenvalue weighted by molar-refractivity contribution is 5.74. The first-order valence-corrected chi connectivity index (χ1v) is 8.37. The maximum atomic E-state index is 12.1. The minimum absolute atomic E-state index is 0.0746. The number of amides is 3. The van der Waals surface area contributed by atoms with Crippen molar-refractivity contribution in [1.82, 2.24) is 16.0 Å². The van der Waals surface area contributed by atoms with Gasteiger partial charge in [0.15, 0.2) is 0 Å². The van der Waals surface area contributed by atoms with Crippen LogP contribution in [0.15, 0.2) is 36.6 Å². The monoisotopic (exact) mass is 348 g/mol. The molecule has 25 heavy (non-hydrogen) atoms. The molecule has 1 atom stereocenters. The fourth-order valence-electron chi connectivity index (χ4n) is 2.20. The summed E-state index contributed by atoms with van der Waals surface area (Å²) in [5, 5.41) is 8.38. The second kappa shape index (κ2) is 11.0. The Morgan fingerprint density at radius 1 is 1.24 bits per heavy atom. The van der Waals surface area contributed by atoms with Gasteiger partial charge in [0.1, 0.15) is 5.76 Å². The third kappa shape index (κ3) is 8.64. The van der Waals surface area contributed by atoms with E-state index in [2.05, 4.69) is 22.5 Å². The largest absolute Gasteiger partial charge is 0.497 e. The molecule has 0 aliphatic carbocycles. The number of hydrogen-bond donors (Lipinski definition) is 4. The Hall–Kier alpha value is -2.70. The van der Waals surface area contributed by atoms with Gasteiger partial charge in [-0.2, -0.15) is 0 Å². The zero-order valence-corrected chi connectivity index (χ0v) is 14.9. The van der Waals surface area contributed by atoms with E-state index < -0.39 is 0 Å². The van der Waals surface area contributed by atoms with Gasteiger partial charge in [-0.3, -0.25) is 4.79 Å². The number of nitrogens with one attached hydrogen (secondary N) is 3. The predicted octanol–water partition coefficient (Wildman–Crippen LogP) is 1.90. The summed E-state index contributed by atoms with van der Waals surface area (Å²) in [5.41, 5.74) is 7.27. The summed E-state index contributed by atoms with van der Waals surface area (Å²) in [6.07, 6.45) is 1.32. The van der Waals surface area contributed by atoms with Crippen LogP contribution in [0.3, 0.4) is 0 Å². The Morgan fingerprint density at radius 2 is 1.92 bits per heavy atom. The van der Waals surface area contributed by atoms with Gasteiger partial charge in [-0.15, -0.1) is 0 Å². The van der Waals surface area contributed by atoms with Crippen LogP contribution in [0.25, 0.3) is 0 Å². The average molecular weight is 348 g/mol. The van der Waals surface area contributed by atoms with Gasteiger partial charge >= 0.3 is 6.03 Å². The lowest BCUT2D eigenvalue weighted by Gasteiger charge is -2.21. The molecule has 0 saturated heterocycles. The van der Waals surface area contributed by atoms with Crippen molar-refractivity contribution in [2.24, 2.45) is 0 Å². The Balaban J connectivity index is 2.47. The van der Waals surface area contributed by atoms with Crippen molar-refractivity contribution in [1.29, 1.82) is 0 Å². The van der Waals surface area contributed by atoms with E-state index in [0.29, 0.717) is 44.0 Å². The number of hydrogen-bond acceptors (Lipinski definition) is 4. The van der Waals surface area contributed by atoms with Crippen molar-refractivity contribution < 1.29 is 14.3 Å². The van der Waals surface area contributed by atoms with E-state index in [1.54, 1.807) is 12.1 Å². The highest BCUT2D eigenvalue weighted by atomic mass is 16.5. The summed E-state index contributed by atoms with van der Waals surface area (Å²) in [6.45, 7) is 8.63. The number of nitrogens with two attached hydrogens (primary N) is 1. The maximum absolute atomic E-state index is 12.1. The minimum atomic E-state index is -0.319. The molecule has 5 N–H and O–H groups in total.